The fourth-order valence-corrected chi connectivity index (χ4v) is 2.90. The SMILES string of the molecule is CN1C(=NC(=O)c2ccccc2)C(C)(C)c2ccccc21. The molecule has 2 aromatic rings. The molecule has 3 heteroatoms. The zero-order valence-corrected chi connectivity index (χ0v) is 12.5. The van der Waals surface area contributed by atoms with Crippen LogP contribution in [0.25, 0.3) is 0 Å². The van der Waals surface area contributed by atoms with Crippen LogP contribution in [0.2, 0.25) is 0 Å². The Morgan fingerprint density at radius 3 is 2.29 bits per heavy atom. The van der Waals surface area contributed by atoms with E-state index in [-0.39, 0.29) is 11.3 Å². The molecule has 0 unspecified atom stereocenters. The van der Waals surface area contributed by atoms with Crippen LogP contribution >= 0.6 is 0 Å². The first-order chi connectivity index (χ1) is 10.0. The van der Waals surface area contributed by atoms with Gasteiger partial charge in [-0.25, -0.2) is 0 Å². The number of rotatable bonds is 1. The van der Waals surface area contributed by atoms with Gasteiger partial charge in [0.05, 0.1) is 5.41 Å². The number of aliphatic imine (C=N–C) groups is 1. The quantitative estimate of drug-likeness (QED) is 0.797. The van der Waals surface area contributed by atoms with Crippen molar-refractivity contribution in [3.05, 3.63) is 65.7 Å². The van der Waals surface area contributed by atoms with E-state index in [1.807, 2.05) is 42.3 Å². The number of nitrogens with zero attached hydrogens (tertiary/aromatic N) is 2. The summed E-state index contributed by atoms with van der Waals surface area (Å²) < 4.78 is 0. The largest absolute Gasteiger partial charge is 0.332 e. The molecular formula is C18H18N2O. The Hall–Kier alpha value is -2.42. The zero-order chi connectivity index (χ0) is 15.0. The van der Waals surface area contributed by atoms with Crippen molar-refractivity contribution in [1.29, 1.82) is 0 Å². The normalized spacial score (nSPS) is 17.9. The number of hydrogen-bond donors (Lipinski definition) is 0. The molecule has 0 radical (unpaired) electrons. The predicted octanol–water partition coefficient (Wildman–Crippen LogP) is 3.65. The molecule has 106 valence electrons. The first-order valence-corrected chi connectivity index (χ1v) is 7.03. The number of hydrogen-bond acceptors (Lipinski definition) is 1. The van der Waals surface area contributed by atoms with Crippen LogP contribution in [0.3, 0.4) is 0 Å². The maximum Gasteiger partial charge on any atom is 0.278 e. The molecule has 0 saturated heterocycles. The van der Waals surface area contributed by atoms with Crippen molar-refractivity contribution in [2.75, 3.05) is 11.9 Å². The van der Waals surface area contributed by atoms with Gasteiger partial charge in [-0.2, -0.15) is 4.99 Å². The summed E-state index contributed by atoms with van der Waals surface area (Å²) in [4.78, 5) is 18.8. The Morgan fingerprint density at radius 2 is 1.62 bits per heavy atom. The third-order valence-corrected chi connectivity index (χ3v) is 4.04. The average Bonchev–Trinajstić information content (AvgIpc) is 2.70. The topological polar surface area (TPSA) is 32.7 Å². The lowest BCUT2D eigenvalue weighted by Gasteiger charge is -2.21. The van der Waals surface area contributed by atoms with Crippen molar-refractivity contribution in [2.45, 2.75) is 19.3 Å². The smallest absolute Gasteiger partial charge is 0.278 e. The molecule has 0 bridgehead atoms. The first kappa shape index (κ1) is 13.6. The number of carbonyl (C=O) groups is 1. The van der Waals surface area contributed by atoms with Gasteiger partial charge in [-0.1, -0.05) is 36.4 Å². The molecule has 0 N–H and O–H groups in total. The summed E-state index contributed by atoms with van der Waals surface area (Å²) in [6.45, 7) is 4.21. The minimum Gasteiger partial charge on any atom is -0.332 e. The maximum absolute atomic E-state index is 12.4. The Labute approximate surface area is 124 Å². The number of likely N-dealkylation sites (N-methyl/N-ethyl adjacent to an activating group) is 1. The van der Waals surface area contributed by atoms with Crippen LogP contribution in [0.4, 0.5) is 5.69 Å². The molecule has 3 rings (SSSR count). The lowest BCUT2D eigenvalue weighted by Crippen LogP contribution is -2.34. The number of amidine groups is 1. The van der Waals surface area contributed by atoms with E-state index in [4.69, 9.17) is 0 Å². The molecular weight excluding hydrogens is 260 g/mol. The lowest BCUT2D eigenvalue weighted by molar-refractivity contribution is 0.100. The van der Waals surface area contributed by atoms with Gasteiger partial charge in [-0.05, 0) is 37.6 Å². The standard InChI is InChI=1S/C18H18N2O/c1-18(2)14-11-7-8-12-15(14)20(3)17(18)19-16(21)13-9-5-4-6-10-13/h4-12H,1-3H3. The van der Waals surface area contributed by atoms with Crippen molar-refractivity contribution < 1.29 is 4.79 Å². The summed E-state index contributed by atoms with van der Waals surface area (Å²) in [5, 5.41) is 0. The van der Waals surface area contributed by atoms with E-state index in [0.29, 0.717) is 5.56 Å². The first-order valence-electron chi connectivity index (χ1n) is 7.03. The van der Waals surface area contributed by atoms with Crippen molar-refractivity contribution in [3.63, 3.8) is 0 Å². The Kier molecular flexibility index (Phi) is 3.13. The van der Waals surface area contributed by atoms with Gasteiger partial charge in [0.2, 0.25) is 0 Å². The van der Waals surface area contributed by atoms with Crippen LogP contribution in [-0.4, -0.2) is 18.8 Å². The van der Waals surface area contributed by atoms with Crippen LogP contribution in [-0.2, 0) is 5.41 Å². The monoisotopic (exact) mass is 278 g/mol. The van der Waals surface area contributed by atoms with Gasteiger partial charge in [0.15, 0.2) is 0 Å². The number of anilines is 1. The van der Waals surface area contributed by atoms with E-state index in [1.165, 1.54) is 5.56 Å². The van der Waals surface area contributed by atoms with Gasteiger partial charge in [0.1, 0.15) is 5.84 Å². The van der Waals surface area contributed by atoms with E-state index in [0.717, 1.165) is 11.5 Å². The van der Waals surface area contributed by atoms with E-state index in [1.54, 1.807) is 12.1 Å². The van der Waals surface area contributed by atoms with Gasteiger partial charge >= 0.3 is 0 Å². The van der Waals surface area contributed by atoms with Crippen LogP contribution in [0, 0.1) is 0 Å². The highest BCUT2D eigenvalue weighted by Crippen LogP contribution is 2.41. The average molecular weight is 278 g/mol. The van der Waals surface area contributed by atoms with E-state index >= 15 is 0 Å². The molecule has 1 aliphatic rings. The van der Waals surface area contributed by atoms with Gasteiger partial charge < -0.3 is 4.90 Å². The molecule has 0 spiro atoms. The number of amides is 1. The Morgan fingerprint density at radius 1 is 1.00 bits per heavy atom. The Bertz CT molecular complexity index is 717. The maximum atomic E-state index is 12.4. The minimum atomic E-state index is -0.268. The van der Waals surface area contributed by atoms with Gasteiger partial charge in [-0.15, -0.1) is 0 Å². The lowest BCUT2D eigenvalue weighted by atomic mass is 9.86. The number of para-hydroxylation sites is 1. The molecule has 1 amide bonds. The Balaban J connectivity index is 2.04. The second kappa shape index (κ2) is 4.85. The summed E-state index contributed by atoms with van der Waals surface area (Å²) >= 11 is 0. The summed E-state index contributed by atoms with van der Waals surface area (Å²) in [5.41, 5.74) is 2.66. The summed E-state index contributed by atoms with van der Waals surface area (Å²) in [6.07, 6.45) is 0. The number of carbonyl (C=O) groups excluding carboxylic acids is 1. The number of fused-ring (bicyclic) bond motifs is 1. The second-order valence-electron chi connectivity index (χ2n) is 5.81. The predicted molar refractivity (Wildman–Crippen MR) is 86.1 cm³/mol. The van der Waals surface area contributed by atoms with E-state index in [2.05, 4.69) is 31.0 Å². The van der Waals surface area contributed by atoms with E-state index < -0.39 is 0 Å². The number of benzene rings is 2. The van der Waals surface area contributed by atoms with Crippen LogP contribution < -0.4 is 4.90 Å². The third kappa shape index (κ3) is 2.15. The zero-order valence-electron chi connectivity index (χ0n) is 12.5. The summed E-state index contributed by atoms with van der Waals surface area (Å²) in [7, 11) is 1.96. The van der Waals surface area contributed by atoms with Gasteiger partial charge in [-0.3, -0.25) is 4.79 Å². The summed E-state index contributed by atoms with van der Waals surface area (Å²) in [5.74, 6) is 0.593. The van der Waals surface area contributed by atoms with Crippen molar-refractivity contribution in [2.24, 2.45) is 4.99 Å². The van der Waals surface area contributed by atoms with Gasteiger partial charge in [0, 0.05) is 18.3 Å². The van der Waals surface area contributed by atoms with Crippen molar-refractivity contribution in [1.82, 2.24) is 0 Å². The molecule has 0 aromatic heterocycles. The van der Waals surface area contributed by atoms with Gasteiger partial charge in [0.25, 0.3) is 5.91 Å². The highest BCUT2D eigenvalue weighted by atomic mass is 16.1. The third-order valence-electron chi connectivity index (χ3n) is 4.04. The van der Waals surface area contributed by atoms with Crippen LogP contribution in [0.1, 0.15) is 29.8 Å². The second-order valence-corrected chi connectivity index (χ2v) is 5.81. The summed E-state index contributed by atoms with van der Waals surface area (Å²) in [6, 6.07) is 17.4. The van der Waals surface area contributed by atoms with Crippen molar-refractivity contribution in [3.8, 4) is 0 Å². The molecule has 21 heavy (non-hydrogen) atoms. The highest BCUT2D eigenvalue weighted by molar-refractivity contribution is 6.16. The van der Waals surface area contributed by atoms with E-state index in [9.17, 15) is 4.79 Å². The van der Waals surface area contributed by atoms with Crippen molar-refractivity contribution >= 4 is 17.4 Å². The minimum absolute atomic E-state index is 0.196. The fraction of sp³-hybridized carbons (Fsp3) is 0.222. The fourth-order valence-electron chi connectivity index (χ4n) is 2.90. The molecule has 0 fully saturated rings. The molecule has 1 aliphatic heterocycles. The van der Waals surface area contributed by atoms with Crippen LogP contribution in [0.15, 0.2) is 59.6 Å². The molecule has 3 nitrogen and oxygen atoms in total. The van der Waals surface area contributed by atoms with Crippen LogP contribution in [0.5, 0.6) is 0 Å². The molecule has 2 aromatic carbocycles. The highest BCUT2D eigenvalue weighted by Gasteiger charge is 2.40. The molecule has 0 aliphatic carbocycles. The molecule has 0 atom stereocenters. The molecule has 1 heterocycles. The molecule has 0 saturated carbocycles.